The fraction of sp³-hybridized carbons (Fsp3) is 0.765. The minimum atomic E-state index is -3.25. The highest BCUT2D eigenvalue weighted by atomic mass is 127. The van der Waals surface area contributed by atoms with Crippen molar-refractivity contribution in [1.29, 1.82) is 0 Å². The van der Waals surface area contributed by atoms with Crippen LogP contribution in [0.5, 0.6) is 0 Å². The van der Waals surface area contributed by atoms with Gasteiger partial charge in [-0.15, -0.1) is 35.3 Å². The summed E-state index contributed by atoms with van der Waals surface area (Å²) in [6, 6.07) is 0. The Bertz CT molecular complexity index is 683. The van der Waals surface area contributed by atoms with E-state index >= 15 is 0 Å². The second-order valence-corrected chi connectivity index (χ2v) is 9.87. The van der Waals surface area contributed by atoms with Crippen LogP contribution in [0.4, 0.5) is 0 Å². The summed E-state index contributed by atoms with van der Waals surface area (Å²) in [5.74, 6) is 1.18. The zero-order valence-corrected chi connectivity index (χ0v) is 20.3. The first-order valence-corrected chi connectivity index (χ1v) is 11.8. The van der Waals surface area contributed by atoms with Crippen molar-refractivity contribution in [1.82, 2.24) is 20.3 Å². The van der Waals surface area contributed by atoms with E-state index in [4.69, 9.17) is 0 Å². The van der Waals surface area contributed by atoms with E-state index in [-0.39, 0.29) is 36.3 Å². The molecule has 0 spiro atoms. The Kier molecular flexibility index (Phi) is 11.1. The van der Waals surface area contributed by atoms with E-state index in [9.17, 15) is 8.42 Å². The Morgan fingerprint density at radius 1 is 1.30 bits per heavy atom. The van der Waals surface area contributed by atoms with Crippen LogP contribution in [-0.2, 0) is 16.4 Å². The summed E-state index contributed by atoms with van der Waals surface area (Å²) in [5, 5.41) is 7.49. The molecule has 1 aliphatic rings. The minimum absolute atomic E-state index is 0. The van der Waals surface area contributed by atoms with E-state index < -0.39 is 10.0 Å². The van der Waals surface area contributed by atoms with Crippen LogP contribution in [0.15, 0.2) is 4.99 Å². The number of thiazole rings is 1. The first-order valence-electron chi connectivity index (χ1n) is 9.32. The predicted molar refractivity (Wildman–Crippen MR) is 124 cm³/mol. The summed E-state index contributed by atoms with van der Waals surface area (Å²) < 4.78 is 26.7. The van der Waals surface area contributed by atoms with Crippen LogP contribution in [0, 0.1) is 19.8 Å². The summed E-state index contributed by atoms with van der Waals surface area (Å²) in [5.41, 5.74) is 1.09. The zero-order valence-electron chi connectivity index (χ0n) is 16.4. The molecule has 1 aromatic rings. The van der Waals surface area contributed by atoms with E-state index in [0.29, 0.717) is 25.0 Å². The van der Waals surface area contributed by atoms with Gasteiger partial charge in [0, 0.05) is 30.9 Å². The Hall–Kier alpha value is -0.460. The molecule has 1 aliphatic carbocycles. The highest BCUT2D eigenvalue weighted by molar-refractivity contribution is 14.0. The highest BCUT2D eigenvalue weighted by Crippen LogP contribution is 2.25. The summed E-state index contributed by atoms with van der Waals surface area (Å²) >= 11 is 1.72. The molecule has 0 bridgehead atoms. The maximum absolute atomic E-state index is 12.0. The smallest absolute Gasteiger partial charge is 0.213 e. The van der Waals surface area contributed by atoms with E-state index in [1.165, 1.54) is 11.3 Å². The van der Waals surface area contributed by atoms with Gasteiger partial charge in [0.05, 0.1) is 23.0 Å². The monoisotopic (exact) mass is 529 g/mol. The second-order valence-electron chi connectivity index (χ2n) is 6.65. The lowest BCUT2D eigenvalue weighted by atomic mass is 9.86. The first kappa shape index (κ1) is 24.6. The van der Waals surface area contributed by atoms with Gasteiger partial charge in [0.25, 0.3) is 0 Å². The van der Waals surface area contributed by atoms with Crippen molar-refractivity contribution < 1.29 is 8.42 Å². The Morgan fingerprint density at radius 3 is 2.59 bits per heavy atom. The average Bonchev–Trinajstić information content (AvgIpc) is 2.84. The molecule has 0 unspecified atom stereocenters. The number of guanidine groups is 1. The molecular formula is C17H32IN5O2S2. The van der Waals surface area contributed by atoms with Crippen LogP contribution in [0.3, 0.4) is 0 Å². The summed E-state index contributed by atoms with van der Waals surface area (Å²) in [4.78, 5) is 10.1. The van der Waals surface area contributed by atoms with Crippen molar-refractivity contribution in [3.8, 4) is 0 Å². The molecule has 10 heteroatoms. The van der Waals surface area contributed by atoms with Crippen molar-refractivity contribution in [2.45, 2.75) is 46.5 Å². The van der Waals surface area contributed by atoms with Gasteiger partial charge in [-0.3, -0.25) is 4.99 Å². The van der Waals surface area contributed by atoms with Crippen LogP contribution in [0.25, 0.3) is 0 Å². The average molecular weight is 530 g/mol. The molecule has 0 amide bonds. The highest BCUT2D eigenvalue weighted by Gasteiger charge is 2.19. The summed E-state index contributed by atoms with van der Waals surface area (Å²) in [6.45, 7) is 8.34. The molecule has 3 N–H and O–H groups in total. The normalized spacial score (nSPS) is 15.1. The molecular weight excluding hydrogens is 497 g/mol. The minimum Gasteiger partial charge on any atom is -0.357 e. The lowest BCUT2D eigenvalue weighted by Gasteiger charge is -2.25. The fourth-order valence-corrected chi connectivity index (χ4v) is 4.47. The third kappa shape index (κ3) is 9.05. The van der Waals surface area contributed by atoms with Gasteiger partial charge in [-0.1, -0.05) is 6.42 Å². The van der Waals surface area contributed by atoms with Gasteiger partial charge in [0.2, 0.25) is 10.0 Å². The van der Waals surface area contributed by atoms with Gasteiger partial charge in [-0.2, -0.15) is 0 Å². The quantitative estimate of drug-likeness (QED) is 0.246. The van der Waals surface area contributed by atoms with Crippen LogP contribution in [-0.4, -0.2) is 51.3 Å². The third-order valence-electron chi connectivity index (χ3n) is 4.49. The van der Waals surface area contributed by atoms with Crippen LogP contribution in [0.1, 0.15) is 41.8 Å². The molecule has 7 nitrogen and oxygen atoms in total. The van der Waals surface area contributed by atoms with Crippen molar-refractivity contribution in [3.05, 3.63) is 15.6 Å². The number of nitrogens with one attached hydrogen (secondary N) is 3. The number of nitrogens with zero attached hydrogens (tertiary/aromatic N) is 2. The van der Waals surface area contributed by atoms with Crippen LogP contribution >= 0.6 is 35.3 Å². The van der Waals surface area contributed by atoms with E-state index in [1.807, 2.05) is 13.8 Å². The number of aryl methyl sites for hydroxylation is 2. The molecule has 1 heterocycles. The molecule has 27 heavy (non-hydrogen) atoms. The van der Waals surface area contributed by atoms with Gasteiger partial charge in [0.15, 0.2) is 5.96 Å². The number of aliphatic imine (C=N–C) groups is 1. The molecule has 1 saturated carbocycles. The third-order valence-corrected chi connectivity index (χ3v) is 6.95. The van der Waals surface area contributed by atoms with Crippen molar-refractivity contribution >= 4 is 51.3 Å². The standard InChI is InChI=1S/C17H31N5O2S2.HI/c1-4-18-17(19-9-8-16-22-13(2)14(3)25-16)20-10-11-26(23,24)21-12-15-6-5-7-15;/h15,21H,4-12H2,1-3H3,(H2,18,19,20);1H. The van der Waals surface area contributed by atoms with Crippen LogP contribution < -0.4 is 15.4 Å². The molecule has 0 aromatic carbocycles. The lowest BCUT2D eigenvalue weighted by molar-refractivity contribution is 0.316. The number of hydrogen-bond acceptors (Lipinski definition) is 5. The van der Waals surface area contributed by atoms with Gasteiger partial charge in [0.1, 0.15) is 0 Å². The van der Waals surface area contributed by atoms with E-state index in [1.54, 1.807) is 11.3 Å². The zero-order chi connectivity index (χ0) is 19.0. The number of hydrogen-bond donors (Lipinski definition) is 3. The number of rotatable bonds is 10. The van der Waals surface area contributed by atoms with Gasteiger partial charge in [-0.05, 0) is 39.5 Å². The van der Waals surface area contributed by atoms with Crippen molar-refractivity contribution in [3.63, 3.8) is 0 Å². The van der Waals surface area contributed by atoms with Crippen molar-refractivity contribution in [2.24, 2.45) is 10.9 Å². The van der Waals surface area contributed by atoms with E-state index in [2.05, 4.69) is 32.3 Å². The molecule has 0 atom stereocenters. The molecule has 0 radical (unpaired) electrons. The van der Waals surface area contributed by atoms with Crippen molar-refractivity contribution in [2.75, 3.05) is 31.9 Å². The molecule has 1 aromatic heterocycles. The van der Waals surface area contributed by atoms with Gasteiger partial charge in [-0.25, -0.2) is 18.1 Å². The number of aromatic nitrogens is 1. The lowest BCUT2D eigenvalue weighted by Crippen LogP contribution is -2.39. The molecule has 1 fully saturated rings. The molecule has 2 rings (SSSR count). The fourth-order valence-electron chi connectivity index (χ4n) is 2.57. The van der Waals surface area contributed by atoms with Crippen LogP contribution in [0.2, 0.25) is 0 Å². The Labute approximate surface area is 184 Å². The van der Waals surface area contributed by atoms with Gasteiger partial charge < -0.3 is 10.6 Å². The second kappa shape index (κ2) is 12.2. The summed E-state index contributed by atoms with van der Waals surface area (Å²) in [7, 11) is -3.25. The van der Waals surface area contributed by atoms with Gasteiger partial charge >= 0.3 is 0 Å². The largest absolute Gasteiger partial charge is 0.357 e. The maximum Gasteiger partial charge on any atom is 0.213 e. The Balaban J connectivity index is 0.00000364. The summed E-state index contributed by atoms with van der Waals surface area (Å²) in [6.07, 6.45) is 4.31. The maximum atomic E-state index is 12.0. The molecule has 0 saturated heterocycles. The topological polar surface area (TPSA) is 95.5 Å². The van der Waals surface area contributed by atoms with E-state index in [0.717, 1.165) is 36.5 Å². The Morgan fingerprint density at radius 2 is 2.04 bits per heavy atom. The molecule has 156 valence electrons. The number of sulfonamides is 1. The number of halogens is 1. The SMILES string of the molecule is CCNC(=NCCS(=O)(=O)NCC1CCC1)NCCc1nc(C)c(C)s1.I. The predicted octanol–water partition coefficient (Wildman–Crippen LogP) is 2.20. The first-order chi connectivity index (χ1) is 12.4. The molecule has 0 aliphatic heterocycles.